The number of benzene rings is 2. The van der Waals surface area contributed by atoms with Crippen LogP contribution in [0.1, 0.15) is 37.3 Å². The lowest BCUT2D eigenvalue weighted by Crippen LogP contribution is -2.52. The molecule has 174 valence electrons. The molecular weight excluding hydrogens is 449 g/mol. The van der Waals surface area contributed by atoms with Gasteiger partial charge in [-0.3, -0.25) is 4.90 Å². The van der Waals surface area contributed by atoms with E-state index in [1.165, 1.54) is 6.07 Å². The highest BCUT2D eigenvalue weighted by Gasteiger charge is 2.29. The lowest BCUT2D eigenvalue weighted by Gasteiger charge is -2.37. The number of hydrogen-bond acceptors (Lipinski definition) is 6. The summed E-state index contributed by atoms with van der Waals surface area (Å²) in [6, 6.07) is 12.8. The largest absolute Gasteiger partial charge is 0.506 e. The molecule has 2 heterocycles. The Hall–Kier alpha value is -2.97. The molecule has 3 aromatic rings. The van der Waals surface area contributed by atoms with Crippen LogP contribution in [-0.2, 0) is 23.1 Å². The molecule has 1 fully saturated rings. The third-order valence-corrected chi connectivity index (χ3v) is 6.25. The van der Waals surface area contributed by atoms with Gasteiger partial charge in [0.1, 0.15) is 11.9 Å². The Bertz CT molecular complexity index is 1130. The van der Waals surface area contributed by atoms with E-state index < -0.39 is 12.0 Å². The molecule has 0 radical (unpaired) electrons. The van der Waals surface area contributed by atoms with Gasteiger partial charge in [0.05, 0.1) is 5.02 Å². The van der Waals surface area contributed by atoms with Crippen LogP contribution in [0, 0.1) is 5.82 Å². The predicted octanol–water partition coefficient (Wildman–Crippen LogP) is 5.32. The molecule has 1 aliphatic heterocycles. The van der Waals surface area contributed by atoms with Crippen LogP contribution in [0.4, 0.5) is 9.18 Å². The minimum absolute atomic E-state index is 0.114. The van der Waals surface area contributed by atoms with Crippen LogP contribution >= 0.6 is 11.6 Å². The number of rotatable bonds is 8. The summed E-state index contributed by atoms with van der Waals surface area (Å²) in [5.74, 6) is 0.626. The summed E-state index contributed by atoms with van der Waals surface area (Å²) in [6.45, 7) is 6.00. The molecule has 1 saturated heterocycles. The van der Waals surface area contributed by atoms with Gasteiger partial charge in [-0.05, 0) is 35.1 Å². The highest BCUT2D eigenvalue weighted by Crippen LogP contribution is 2.31. The topological polar surface area (TPSA) is 88.7 Å². The fourth-order valence-electron chi connectivity index (χ4n) is 3.84. The summed E-state index contributed by atoms with van der Waals surface area (Å²) in [6.07, 6.45) is -0.206. The van der Waals surface area contributed by atoms with Gasteiger partial charge in [-0.2, -0.15) is 4.98 Å². The zero-order chi connectivity index (χ0) is 23.6. The van der Waals surface area contributed by atoms with E-state index in [1.807, 2.05) is 44.2 Å². The number of carboxylic acid groups (broad SMARTS) is 1. The van der Waals surface area contributed by atoms with Gasteiger partial charge in [0.2, 0.25) is 11.7 Å². The fraction of sp³-hybridized carbons (Fsp3) is 0.375. The van der Waals surface area contributed by atoms with Gasteiger partial charge in [-0.25, -0.2) is 9.18 Å². The molecular formula is C24H25ClFN3O4. The summed E-state index contributed by atoms with van der Waals surface area (Å²) in [5, 5.41) is 12.8. The molecule has 33 heavy (non-hydrogen) atoms. The molecule has 0 saturated carbocycles. The van der Waals surface area contributed by atoms with E-state index in [0.29, 0.717) is 37.6 Å². The van der Waals surface area contributed by atoms with Gasteiger partial charge < -0.3 is 14.4 Å². The molecule has 0 spiro atoms. The summed E-state index contributed by atoms with van der Waals surface area (Å²) >= 11 is 5.80. The smallest absolute Gasteiger partial charge is 0.450 e. The SMILES string of the molecule is CC(C)(CCc1nc(-c2ccc(CN3CC(OC(=O)O)C3)cc2)no1)c1ccc(Cl)c(F)c1. The number of aryl methyl sites for hydroxylation is 1. The summed E-state index contributed by atoms with van der Waals surface area (Å²) in [4.78, 5) is 17.2. The Morgan fingerprint density at radius 1 is 1.27 bits per heavy atom. The van der Waals surface area contributed by atoms with E-state index in [2.05, 4.69) is 15.0 Å². The second kappa shape index (κ2) is 9.49. The minimum atomic E-state index is -1.23. The van der Waals surface area contributed by atoms with Crippen LogP contribution < -0.4 is 0 Å². The maximum atomic E-state index is 13.8. The van der Waals surface area contributed by atoms with Gasteiger partial charge in [0.25, 0.3) is 0 Å². The Labute approximate surface area is 196 Å². The molecule has 1 N–H and O–H groups in total. The Balaban J connectivity index is 1.31. The average Bonchev–Trinajstić information content (AvgIpc) is 3.22. The standard InChI is InChI=1S/C24H25ClFN3O4/c1-24(2,17-7-8-19(25)20(26)11-17)10-9-21-27-22(28-33-21)16-5-3-15(4-6-16)12-29-13-18(14-29)32-23(30)31/h3-8,11,18H,9-10,12-14H2,1-2H3,(H,30,31). The molecule has 4 rings (SSSR count). The van der Waals surface area contributed by atoms with Crippen molar-refractivity contribution in [2.45, 2.75) is 44.8 Å². The van der Waals surface area contributed by atoms with Gasteiger partial charge in [0.15, 0.2) is 0 Å². The monoisotopic (exact) mass is 473 g/mol. The fourth-order valence-corrected chi connectivity index (χ4v) is 3.96. The first-order valence-corrected chi connectivity index (χ1v) is 11.1. The highest BCUT2D eigenvalue weighted by atomic mass is 35.5. The number of halogens is 2. The second-order valence-corrected chi connectivity index (χ2v) is 9.33. The van der Waals surface area contributed by atoms with E-state index in [0.717, 1.165) is 23.2 Å². The molecule has 0 unspecified atom stereocenters. The van der Waals surface area contributed by atoms with Crippen molar-refractivity contribution in [1.82, 2.24) is 15.0 Å². The first-order valence-electron chi connectivity index (χ1n) is 10.7. The van der Waals surface area contributed by atoms with Crippen LogP contribution in [0.15, 0.2) is 47.0 Å². The molecule has 0 atom stereocenters. The van der Waals surface area contributed by atoms with Crippen molar-refractivity contribution in [1.29, 1.82) is 0 Å². The third-order valence-electron chi connectivity index (χ3n) is 5.94. The zero-order valence-corrected chi connectivity index (χ0v) is 19.2. The molecule has 7 nitrogen and oxygen atoms in total. The van der Waals surface area contributed by atoms with E-state index in [-0.39, 0.29) is 16.5 Å². The molecule has 0 amide bonds. The van der Waals surface area contributed by atoms with E-state index >= 15 is 0 Å². The van der Waals surface area contributed by atoms with Gasteiger partial charge in [-0.15, -0.1) is 0 Å². The molecule has 1 aliphatic rings. The number of carbonyl (C=O) groups is 1. The molecule has 0 aliphatic carbocycles. The van der Waals surface area contributed by atoms with Crippen LogP contribution in [0.2, 0.25) is 5.02 Å². The second-order valence-electron chi connectivity index (χ2n) is 8.92. The van der Waals surface area contributed by atoms with E-state index in [4.69, 9.17) is 26.0 Å². The van der Waals surface area contributed by atoms with Crippen LogP contribution in [-0.4, -0.2) is 45.5 Å². The van der Waals surface area contributed by atoms with Crippen molar-refractivity contribution in [2.24, 2.45) is 0 Å². The number of aromatic nitrogens is 2. The van der Waals surface area contributed by atoms with Crippen molar-refractivity contribution in [3.63, 3.8) is 0 Å². The van der Waals surface area contributed by atoms with E-state index in [1.54, 1.807) is 6.07 Å². The number of ether oxygens (including phenoxy) is 1. The van der Waals surface area contributed by atoms with E-state index in [9.17, 15) is 9.18 Å². The summed E-state index contributed by atoms with van der Waals surface area (Å²) < 4.78 is 24.0. The lowest BCUT2D eigenvalue weighted by molar-refractivity contribution is -0.0363. The van der Waals surface area contributed by atoms with Crippen molar-refractivity contribution in [3.05, 3.63) is 70.3 Å². The third kappa shape index (κ3) is 5.69. The predicted molar refractivity (Wildman–Crippen MR) is 121 cm³/mol. The quantitative estimate of drug-likeness (QED) is 0.443. The molecule has 0 bridgehead atoms. The first-order chi connectivity index (χ1) is 15.7. The maximum absolute atomic E-state index is 13.8. The van der Waals surface area contributed by atoms with Crippen molar-refractivity contribution >= 4 is 17.8 Å². The van der Waals surface area contributed by atoms with Crippen molar-refractivity contribution < 1.29 is 23.6 Å². The lowest BCUT2D eigenvalue weighted by atomic mass is 9.80. The van der Waals surface area contributed by atoms with Crippen LogP contribution in [0.25, 0.3) is 11.4 Å². The number of nitrogens with zero attached hydrogens (tertiary/aromatic N) is 3. The zero-order valence-electron chi connectivity index (χ0n) is 18.4. The van der Waals surface area contributed by atoms with Gasteiger partial charge >= 0.3 is 6.16 Å². The first kappa shape index (κ1) is 23.2. The minimum Gasteiger partial charge on any atom is -0.450 e. The average molecular weight is 474 g/mol. The van der Waals surface area contributed by atoms with Gasteiger partial charge in [0, 0.05) is 31.6 Å². The Morgan fingerprint density at radius 2 is 2.00 bits per heavy atom. The number of hydrogen-bond donors (Lipinski definition) is 1. The van der Waals surface area contributed by atoms with Crippen LogP contribution in [0.5, 0.6) is 0 Å². The highest BCUT2D eigenvalue weighted by molar-refractivity contribution is 6.30. The van der Waals surface area contributed by atoms with Crippen molar-refractivity contribution in [2.75, 3.05) is 13.1 Å². The van der Waals surface area contributed by atoms with Gasteiger partial charge in [-0.1, -0.05) is 60.9 Å². The normalized spacial score (nSPS) is 14.8. The molecule has 2 aromatic carbocycles. The maximum Gasteiger partial charge on any atom is 0.506 e. The molecule has 9 heteroatoms. The molecule has 1 aromatic heterocycles. The van der Waals surface area contributed by atoms with Crippen molar-refractivity contribution in [3.8, 4) is 11.4 Å². The Kier molecular flexibility index (Phi) is 6.67. The Morgan fingerprint density at radius 3 is 2.67 bits per heavy atom. The summed E-state index contributed by atoms with van der Waals surface area (Å²) in [5.41, 5.74) is 2.53. The van der Waals surface area contributed by atoms with Crippen LogP contribution in [0.3, 0.4) is 0 Å². The number of likely N-dealkylation sites (tertiary alicyclic amines) is 1. The summed E-state index contributed by atoms with van der Waals surface area (Å²) in [7, 11) is 0.